The lowest BCUT2D eigenvalue weighted by molar-refractivity contribution is -0.132. The molecule has 36 heavy (non-hydrogen) atoms. The van der Waals surface area contributed by atoms with Crippen LogP contribution in [0.3, 0.4) is 0 Å². The highest BCUT2D eigenvalue weighted by Crippen LogP contribution is 2.35. The van der Waals surface area contributed by atoms with Crippen LogP contribution >= 0.6 is 11.3 Å². The van der Waals surface area contributed by atoms with E-state index in [1.54, 1.807) is 12.4 Å². The van der Waals surface area contributed by atoms with Gasteiger partial charge in [0.15, 0.2) is 5.82 Å². The number of carbonyl (C=O) groups excluding carboxylic acids is 1. The summed E-state index contributed by atoms with van der Waals surface area (Å²) in [7, 11) is 0. The van der Waals surface area contributed by atoms with Crippen molar-refractivity contribution in [3.05, 3.63) is 77.8 Å². The lowest BCUT2D eigenvalue weighted by atomic mass is 10.1. The summed E-state index contributed by atoms with van der Waals surface area (Å²) in [6.07, 6.45) is 10.3. The maximum atomic E-state index is 13.1. The first-order valence-corrected chi connectivity index (χ1v) is 13.3. The van der Waals surface area contributed by atoms with E-state index in [1.165, 1.54) is 16.3 Å². The van der Waals surface area contributed by atoms with Gasteiger partial charge in [0, 0.05) is 79.6 Å². The predicted molar refractivity (Wildman–Crippen MR) is 141 cm³/mol. The van der Waals surface area contributed by atoms with Crippen molar-refractivity contribution < 1.29 is 4.79 Å². The standard InChI is InChI=1S/C27H29N7OS/c35-25(19-31-11-6-22(18-31)26-24(7-17-36-26)34-12-10-28-20-34)33-15-13-32(14-16-33)23-4-2-21(3-5-23)27-29-8-1-9-30-27/h1-5,7-10,12,17,20,22H,6,11,13-16,18-19H2/t22-/m1/s1. The number of hydrogen-bond acceptors (Lipinski definition) is 7. The molecule has 0 radical (unpaired) electrons. The monoisotopic (exact) mass is 499 g/mol. The molecule has 0 bridgehead atoms. The van der Waals surface area contributed by atoms with Gasteiger partial charge >= 0.3 is 0 Å². The number of amides is 1. The van der Waals surface area contributed by atoms with Crippen LogP contribution in [0, 0.1) is 0 Å². The molecular formula is C27H29N7OS. The van der Waals surface area contributed by atoms with Crippen LogP contribution in [0.1, 0.15) is 17.2 Å². The fourth-order valence-electron chi connectivity index (χ4n) is 5.20. The number of rotatable bonds is 6. The fraction of sp³-hybridized carbons (Fsp3) is 0.333. The molecule has 0 saturated carbocycles. The first-order chi connectivity index (χ1) is 17.7. The number of anilines is 1. The molecule has 8 nitrogen and oxygen atoms in total. The van der Waals surface area contributed by atoms with Crippen molar-refractivity contribution in [1.29, 1.82) is 0 Å². The number of imidazole rings is 1. The number of piperazine rings is 1. The first kappa shape index (κ1) is 22.9. The number of aromatic nitrogens is 4. The Hall–Kier alpha value is -3.56. The Morgan fingerprint density at radius 2 is 1.78 bits per heavy atom. The number of nitrogens with zero attached hydrogens (tertiary/aromatic N) is 7. The molecule has 1 aromatic carbocycles. The van der Waals surface area contributed by atoms with Gasteiger partial charge in [0.05, 0.1) is 18.6 Å². The smallest absolute Gasteiger partial charge is 0.236 e. The number of hydrogen-bond donors (Lipinski definition) is 0. The highest BCUT2D eigenvalue weighted by molar-refractivity contribution is 7.10. The summed E-state index contributed by atoms with van der Waals surface area (Å²) in [5.74, 6) is 1.45. The van der Waals surface area contributed by atoms with Crippen molar-refractivity contribution in [2.45, 2.75) is 12.3 Å². The second-order valence-electron chi connectivity index (χ2n) is 9.35. The lowest BCUT2D eigenvalue weighted by Crippen LogP contribution is -2.51. The number of benzene rings is 1. The van der Waals surface area contributed by atoms with E-state index in [0.29, 0.717) is 12.5 Å². The van der Waals surface area contributed by atoms with Gasteiger partial charge in [0.2, 0.25) is 5.91 Å². The number of thiophene rings is 1. The SMILES string of the molecule is O=C(CN1CC[C@@H](c2sccc2-n2ccnc2)C1)N1CCN(c2ccc(-c3ncccn3)cc2)CC1. The molecule has 4 aromatic rings. The van der Waals surface area contributed by atoms with Crippen LogP contribution in [-0.4, -0.2) is 81.0 Å². The van der Waals surface area contributed by atoms with Crippen LogP contribution in [0.4, 0.5) is 5.69 Å². The maximum Gasteiger partial charge on any atom is 0.236 e. The van der Waals surface area contributed by atoms with Crippen molar-refractivity contribution >= 4 is 22.9 Å². The minimum atomic E-state index is 0.243. The third kappa shape index (κ3) is 4.76. The van der Waals surface area contributed by atoms with E-state index in [9.17, 15) is 4.79 Å². The molecule has 6 rings (SSSR count). The summed E-state index contributed by atoms with van der Waals surface area (Å²) in [4.78, 5) is 34.0. The summed E-state index contributed by atoms with van der Waals surface area (Å²) in [5, 5.41) is 2.15. The Morgan fingerprint density at radius 3 is 2.53 bits per heavy atom. The predicted octanol–water partition coefficient (Wildman–Crippen LogP) is 3.53. The third-order valence-corrected chi connectivity index (χ3v) is 8.22. The minimum Gasteiger partial charge on any atom is -0.368 e. The highest BCUT2D eigenvalue weighted by Gasteiger charge is 2.30. The van der Waals surface area contributed by atoms with Gasteiger partial charge < -0.3 is 14.4 Å². The summed E-state index contributed by atoms with van der Waals surface area (Å²) >= 11 is 1.81. The zero-order chi connectivity index (χ0) is 24.3. The van der Waals surface area contributed by atoms with E-state index in [4.69, 9.17) is 0 Å². The van der Waals surface area contributed by atoms with Gasteiger partial charge in [-0.15, -0.1) is 11.3 Å². The average molecular weight is 500 g/mol. The molecule has 184 valence electrons. The molecular weight excluding hydrogens is 470 g/mol. The Kier molecular flexibility index (Phi) is 6.48. The Bertz CT molecular complexity index is 1280. The molecule has 9 heteroatoms. The Labute approximate surface area is 214 Å². The van der Waals surface area contributed by atoms with Gasteiger partial charge in [-0.25, -0.2) is 15.0 Å². The van der Waals surface area contributed by atoms with E-state index in [2.05, 4.69) is 65.0 Å². The maximum absolute atomic E-state index is 13.1. The normalized spacial score (nSPS) is 18.6. The second kappa shape index (κ2) is 10.2. The van der Waals surface area contributed by atoms with Crippen LogP contribution in [0.15, 0.2) is 72.9 Å². The molecule has 0 N–H and O–H groups in total. The fourth-order valence-corrected chi connectivity index (χ4v) is 6.22. The van der Waals surface area contributed by atoms with Crippen molar-refractivity contribution in [2.24, 2.45) is 0 Å². The Balaban J connectivity index is 1.01. The van der Waals surface area contributed by atoms with E-state index in [0.717, 1.165) is 57.1 Å². The first-order valence-electron chi connectivity index (χ1n) is 12.4. The molecule has 1 atom stereocenters. The van der Waals surface area contributed by atoms with E-state index < -0.39 is 0 Å². The average Bonchev–Trinajstić information content (AvgIpc) is 3.71. The highest BCUT2D eigenvalue weighted by atomic mass is 32.1. The third-order valence-electron chi connectivity index (χ3n) is 7.15. The number of carbonyl (C=O) groups is 1. The second-order valence-corrected chi connectivity index (χ2v) is 10.3. The zero-order valence-corrected chi connectivity index (χ0v) is 20.9. The van der Waals surface area contributed by atoms with Crippen LogP contribution < -0.4 is 4.90 Å². The molecule has 2 aliphatic heterocycles. The molecule has 2 fully saturated rings. The number of likely N-dealkylation sites (tertiary alicyclic amines) is 1. The molecule has 2 aliphatic rings. The van der Waals surface area contributed by atoms with E-state index >= 15 is 0 Å². The molecule has 0 unspecified atom stereocenters. The van der Waals surface area contributed by atoms with Gasteiger partial charge in [-0.05, 0) is 54.7 Å². The van der Waals surface area contributed by atoms with Gasteiger partial charge in [-0.2, -0.15) is 0 Å². The van der Waals surface area contributed by atoms with Gasteiger partial charge in [-0.1, -0.05) is 0 Å². The summed E-state index contributed by atoms with van der Waals surface area (Å²) in [6, 6.07) is 12.4. The van der Waals surface area contributed by atoms with Crippen molar-refractivity contribution in [1.82, 2.24) is 29.3 Å². The van der Waals surface area contributed by atoms with Crippen molar-refractivity contribution in [3.8, 4) is 17.1 Å². The van der Waals surface area contributed by atoms with Gasteiger partial charge in [-0.3, -0.25) is 9.69 Å². The quantitative estimate of drug-likeness (QED) is 0.404. The molecule has 3 aromatic heterocycles. The topological polar surface area (TPSA) is 70.4 Å². The lowest BCUT2D eigenvalue weighted by Gasteiger charge is -2.36. The summed E-state index contributed by atoms with van der Waals surface area (Å²) in [6.45, 7) is 5.62. The van der Waals surface area contributed by atoms with Crippen molar-refractivity contribution in [3.63, 3.8) is 0 Å². The van der Waals surface area contributed by atoms with Crippen LogP contribution in [-0.2, 0) is 4.79 Å². The molecule has 5 heterocycles. The minimum absolute atomic E-state index is 0.243. The van der Waals surface area contributed by atoms with Crippen molar-refractivity contribution in [2.75, 3.05) is 50.7 Å². The summed E-state index contributed by atoms with van der Waals surface area (Å²) in [5.41, 5.74) is 3.40. The molecule has 1 amide bonds. The summed E-state index contributed by atoms with van der Waals surface area (Å²) < 4.78 is 2.09. The largest absolute Gasteiger partial charge is 0.368 e. The molecule has 0 aliphatic carbocycles. The van der Waals surface area contributed by atoms with Gasteiger partial charge in [0.1, 0.15) is 0 Å². The van der Waals surface area contributed by atoms with Crippen LogP contribution in [0.2, 0.25) is 0 Å². The van der Waals surface area contributed by atoms with E-state index in [1.807, 2.05) is 41.0 Å². The van der Waals surface area contributed by atoms with E-state index in [-0.39, 0.29) is 5.91 Å². The zero-order valence-electron chi connectivity index (χ0n) is 20.1. The molecule has 2 saturated heterocycles. The van der Waals surface area contributed by atoms with Crippen LogP contribution in [0.5, 0.6) is 0 Å². The van der Waals surface area contributed by atoms with Crippen LogP contribution in [0.25, 0.3) is 17.1 Å². The molecule has 0 spiro atoms. The van der Waals surface area contributed by atoms with Gasteiger partial charge in [0.25, 0.3) is 0 Å². The Morgan fingerprint density at radius 1 is 0.972 bits per heavy atom.